The van der Waals surface area contributed by atoms with Crippen LogP contribution in [0.25, 0.3) is 11.4 Å². The molecule has 1 amide bonds. The van der Waals surface area contributed by atoms with Crippen LogP contribution in [0, 0.1) is 12.8 Å². The number of pyridine rings is 1. The van der Waals surface area contributed by atoms with Gasteiger partial charge in [0.1, 0.15) is 11.5 Å². The Balaban J connectivity index is 1.43. The molecule has 3 aromatic heterocycles. The highest BCUT2D eigenvalue weighted by Crippen LogP contribution is 2.25. The fraction of sp³-hybridized carbons (Fsp3) is 0.333. The summed E-state index contributed by atoms with van der Waals surface area (Å²) in [5.74, 6) is 1.39. The smallest absolute Gasteiger partial charge is 0.274 e. The van der Waals surface area contributed by atoms with Crippen LogP contribution in [0.3, 0.4) is 0 Å². The highest BCUT2D eigenvalue weighted by Gasteiger charge is 2.33. The number of aromatic nitrogens is 5. The average Bonchev–Trinajstić information content (AvgIpc) is 3.17. The van der Waals surface area contributed by atoms with Crippen molar-refractivity contribution in [3.63, 3.8) is 0 Å². The predicted molar refractivity (Wildman–Crippen MR) is 92.8 cm³/mol. The van der Waals surface area contributed by atoms with Gasteiger partial charge in [-0.2, -0.15) is 0 Å². The molecule has 0 bridgehead atoms. The van der Waals surface area contributed by atoms with E-state index in [0.717, 1.165) is 36.7 Å². The minimum Gasteiger partial charge on any atom is -0.340 e. The van der Waals surface area contributed by atoms with Crippen molar-refractivity contribution in [3.8, 4) is 11.4 Å². The number of rotatable bonds is 4. The highest BCUT2D eigenvalue weighted by molar-refractivity contribution is 5.92. The zero-order chi connectivity index (χ0) is 17.4. The van der Waals surface area contributed by atoms with E-state index in [1.165, 1.54) is 0 Å². The molecule has 0 saturated carbocycles. The van der Waals surface area contributed by atoms with Crippen molar-refractivity contribution in [2.75, 3.05) is 13.1 Å². The van der Waals surface area contributed by atoms with Gasteiger partial charge in [-0.25, -0.2) is 9.97 Å². The first-order chi connectivity index (χ1) is 12.1. The summed E-state index contributed by atoms with van der Waals surface area (Å²) in [6.07, 6.45) is 8.86. The van der Waals surface area contributed by atoms with Crippen molar-refractivity contribution >= 4 is 5.91 Å². The summed E-state index contributed by atoms with van der Waals surface area (Å²) in [4.78, 5) is 27.0. The number of hydrogen-bond donors (Lipinski definition) is 0. The molecule has 1 aliphatic rings. The Morgan fingerprint density at radius 3 is 2.68 bits per heavy atom. The summed E-state index contributed by atoms with van der Waals surface area (Å²) in [7, 11) is 1.87. The van der Waals surface area contributed by atoms with Gasteiger partial charge < -0.3 is 14.0 Å². The second-order valence-electron chi connectivity index (χ2n) is 6.57. The first-order valence-corrected chi connectivity index (χ1v) is 8.31. The second kappa shape index (κ2) is 6.16. The Bertz CT molecular complexity index is 891. The largest absolute Gasteiger partial charge is 0.340 e. The Kier molecular flexibility index (Phi) is 3.83. The van der Waals surface area contributed by atoms with Crippen molar-refractivity contribution in [2.24, 2.45) is 13.0 Å². The summed E-state index contributed by atoms with van der Waals surface area (Å²) in [5, 5.41) is 0. The van der Waals surface area contributed by atoms with Crippen molar-refractivity contribution in [3.05, 3.63) is 54.6 Å². The molecule has 0 unspecified atom stereocenters. The molecular formula is C18H20N6O. The van der Waals surface area contributed by atoms with Gasteiger partial charge in [0.05, 0.1) is 6.33 Å². The van der Waals surface area contributed by atoms with Crippen molar-refractivity contribution in [1.29, 1.82) is 0 Å². The molecule has 128 valence electrons. The topological polar surface area (TPSA) is 68.8 Å². The molecule has 0 aliphatic carbocycles. The zero-order valence-corrected chi connectivity index (χ0v) is 14.3. The third-order valence-electron chi connectivity index (χ3n) is 4.60. The second-order valence-corrected chi connectivity index (χ2v) is 6.57. The van der Waals surface area contributed by atoms with E-state index in [1.54, 1.807) is 29.5 Å². The molecule has 25 heavy (non-hydrogen) atoms. The molecular weight excluding hydrogens is 316 g/mol. The molecule has 7 heteroatoms. The van der Waals surface area contributed by atoms with Gasteiger partial charge in [-0.3, -0.25) is 9.78 Å². The third-order valence-corrected chi connectivity index (χ3v) is 4.60. The van der Waals surface area contributed by atoms with Gasteiger partial charge in [0.25, 0.3) is 5.91 Å². The lowest BCUT2D eigenvalue weighted by Gasteiger charge is -2.39. The Morgan fingerprint density at radius 2 is 2.00 bits per heavy atom. The summed E-state index contributed by atoms with van der Waals surface area (Å²) in [5.41, 5.74) is 2.70. The van der Waals surface area contributed by atoms with Crippen molar-refractivity contribution in [2.45, 2.75) is 13.5 Å². The average molecular weight is 336 g/mol. The molecule has 7 nitrogen and oxygen atoms in total. The molecule has 4 heterocycles. The van der Waals surface area contributed by atoms with Crippen molar-refractivity contribution < 1.29 is 4.79 Å². The summed E-state index contributed by atoms with van der Waals surface area (Å²) >= 11 is 0. The third kappa shape index (κ3) is 2.93. The molecule has 0 radical (unpaired) electrons. The number of likely N-dealkylation sites (tertiary alicyclic amines) is 1. The molecule has 3 aromatic rings. The number of aryl methyl sites for hydroxylation is 2. The van der Waals surface area contributed by atoms with Crippen LogP contribution < -0.4 is 0 Å². The quantitative estimate of drug-likeness (QED) is 0.728. The lowest BCUT2D eigenvalue weighted by molar-refractivity contribution is 0.0463. The normalized spacial score (nSPS) is 14.6. The Morgan fingerprint density at radius 1 is 1.24 bits per heavy atom. The number of hydrogen-bond acceptors (Lipinski definition) is 4. The SMILES string of the molecule is Cc1cnc(-c2ccncc2)n1CC1CN(C(=O)c2cn(C)cn2)C1. The highest BCUT2D eigenvalue weighted by atomic mass is 16.2. The van der Waals surface area contributed by atoms with Crippen LogP contribution >= 0.6 is 0 Å². The summed E-state index contributed by atoms with van der Waals surface area (Å²) in [6.45, 7) is 4.42. The van der Waals surface area contributed by atoms with Crippen LogP contribution in [-0.2, 0) is 13.6 Å². The molecule has 0 N–H and O–H groups in total. The van der Waals surface area contributed by atoms with E-state index >= 15 is 0 Å². The lowest BCUT2D eigenvalue weighted by atomic mass is 9.99. The molecule has 0 atom stereocenters. The summed E-state index contributed by atoms with van der Waals surface area (Å²) < 4.78 is 4.02. The lowest BCUT2D eigenvalue weighted by Crippen LogP contribution is -2.51. The van der Waals surface area contributed by atoms with E-state index < -0.39 is 0 Å². The van der Waals surface area contributed by atoms with Gasteiger partial charge in [0.15, 0.2) is 0 Å². The molecule has 1 aliphatic heterocycles. The zero-order valence-electron chi connectivity index (χ0n) is 14.3. The number of carbonyl (C=O) groups excluding carboxylic acids is 1. The minimum absolute atomic E-state index is 0.00793. The molecule has 4 rings (SSSR count). The van der Waals surface area contributed by atoms with Gasteiger partial charge in [0.2, 0.25) is 0 Å². The number of amides is 1. The minimum atomic E-state index is 0.00793. The van der Waals surface area contributed by atoms with Crippen LogP contribution in [0.15, 0.2) is 43.2 Å². The molecule has 1 fully saturated rings. The van der Waals surface area contributed by atoms with E-state index in [2.05, 4.69) is 26.4 Å². The van der Waals surface area contributed by atoms with E-state index in [0.29, 0.717) is 11.6 Å². The molecule has 0 aromatic carbocycles. The fourth-order valence-corrected chi connectivity index (χ4v) is 3.22. The number of carbonyl (C=O) groups is 1. The van der Waals surface area contributed by atoms with Gasteiger partial charge in [-0.05, 0) is 19.1 Å². The first-order valence-electron chi connectivity index (χ1n) is 8.31. The van der Waals surface area contributed by atoms with Crippen molar-refractivity contribution in [1.82, 2.24) is 29.0 Å². The fourth-order valence-electron chi connectivity index (χ4n) is 3.22. The van der Waals surface area contributed by atoms with Crippen LogP contribution in [-0.4, -0.2) is 48.0 Å². The number of nitrogens with zero attached hydrogens (tertiary/aromatic N) is 6. The first kappa shape index (κ1) is 15.6. The van der Waals surface area contributed by atoms with Crippen LogP contribution in [0.5, 0.6) is 0 Å². The van der Waals surface area contributed by atoms with E-state index in [4.69, 9.17) is 0 Å². The monoisotopic (exact) mass is 336 g/mol. The molecule has 0 spiro atoms. The maximum absolute atomic E-state index is 12.4. The van der Waals surface area contributed by atoms with Crippen LogP contribution in [0.1, 0.15) is 16.2 Å². The van der Waals surface area contributed by atoms with Crippen LogP contribution in [0.2, 0.25) is 0 Å². The van der Waals surface area contributed by atoms with Gasteiger partial charge >= 0.3 is 0 Å². The molecule has 1 saturated heterocycles. The van der Waals surface area contributed by atoms with E-state index in [9.17, 15) is 4.79 Å². The predicted octanol–water partition coefficient (Wildman–Crippen LogP) is 1.76. The summed E-state index contributed by atoms with van der Waals surface area (Å²) in [6, 6.07) is 3.94. The maximum atomic E-state index is 12.4. The van der Waals surface area contributed by atoms with Gasteiger partial charge in [-0.15, -0.1) is 0 Å². The van der Waals surface area contributed by atoms with Gasteiger partial charge in [0, 0.05) is 68.6 Å². The Hall–Kier alpha value is -2.96. The van der Waals surface area contributed by atoms with E-state index in [-0.39, 0.29) is 5.91 Å². The number of imidazole rings is 2. The maximum Gasteiger partial charge on any atom is 0.274 e. The Labute approximate surface area is 146 Å². The van der Waals surface area contributed by atoms with E-state index in [1.807, 2.05) is 30.3 Å². The standard InChI is InChI=1S/C18H20N6O/c1-13-7-20-17(15-3-5-19-6-4-15)24(13)10-14-8-23(9-14)18(25)16-11-22(2)12-21-16/h3-7,11-12,14H,8-10H2,1-2H3. The van der Waals surface area contributed by atoms with Gasteiger partial charge in [-0.1, -0.05) is 0 Å². The van der Waals surface area contributed by atoms with Crippen LogP contribution in [0.4, 0.5) is 0 Å².